The summed E-state index contributed by atoms with van der Waals surface area (Å²) in [6.45, 7) is 6.20. The molecule has 1 amide bonds. The van der Waals surface area contributed by atoms with Gasteiger partial charge in [-0.3, -0.25) is 4.79 Å². The Labute approximate surface area is 108 Å². The van der Waals surface area contributed by atoms with Crippen LogP contribution >= 0.6 is 0 Å². The third-order valence-electron chi connectivity index (χ3n) is 3.17. The van der Waals surface area contributed by atoms with E-state index >= 15 is 0 Å². The van der Waals surface area contributed by atoms with Crippen LogP contribution in [0.2, 0.25) is 0 Å². The van der Waals surface area contributed by atoms with E-state index < -0.39 is 0 Å². The first-order valence-electron chi connectivity index (χ1n) is 6.39. The first kappa shape index (κ1) is 12.8. The van der Waals surface area contributed by atoms with Crippen molar-refractivity contribution < 1.29 is 4.79 Å². The molecule has 1 aromatic rings. The topological polar surface area (TPSA) is 48.5 Å². The van der Waals surface area contributed by atoms with Crippen LogP contribution in [0.4, 0.5) is 5.82 Å². The van der Waals surface area contributed by atoms with Gasteiger partial charge >= 0.3 is 0 Å². The second-order valence-corrected chi connectivity index (χ2v) is 4.53. The SMILES string of the molecule is CCNc1ncccc1C(=O)N1CCN(C)CC1. The minimum Gasteiger partial charge on any atom is -0.370 e. The maximum Gasteiger partial charge on any atom is 0.257 e. The highest BCUT2D eigenvalue weighted by molar-refractivity contribution is 5.98. The third kappa shape index (κ3) is 2.79. The average Bonchev–Trinajstić information content (AvgIpc) is 2.40. The Hall–Kier alpha value is -1.62. The van der Waals surface area contributed by atoms with Crippen LogP contribution in [0.25, 0.3) is 0 Å². The van der Waals surface area contributed by atoms with E-state index in [9.17, 15) is 4.79 Å². The molecule has 1 saturated heterocycles. The Balaban J connectivity index is 2.13. The van der Waals surface area contributed by atoms with Crippen molar-refractivity contribution >= 4 is 11.7 Å². The zero-order valence-corrected chi connectivity index (χ0v) is 11.0. The Morgan fingerprint density at radius 2 is 2.11 bits per heavy atom. The molecule has 2 heterocycles. The zero-order valence-electron chi connectivity index (χ0n) is 11.0. The van der Waals surface area contributed by atoms with E-state index in [1.54, 1.807) is 6.20 Å². The van der Waals surface area contributed by atoms with E-state index in [2.05, 4.69) is 22.2 Å². The van der Waals surface area contributed by atoms with Crippen molar-refractivity contribution in [1.29, 1.82) is 0 Å². The smallest absolute Gasteiger partial charge is 0.257 e. The highest BCUT2D eigenvalue weighted by atomic mass is 16.2. The van der Waals surface area contributed by atoms with Crippen LogP contribution in [-0.2, 0) is 0 Å². The molecule has 0 radical (unpaired) electrons. The highest BCUT2D eigenvalue weighted by Gasteiger charge is 2.22. The molecule has 0 aromatic carbocycles. The van der Waals surface area contributed by atoms with Gasteiger partial charge in [0.1, 0.15) is 5.82 Å². The molecular formula is C13H20N4O. The van der Waals surface area contributed by atoms with Crippen molar-refractivity contribution in [2.24, 2.45) is 0 Å². The lowest BCUT2D eigenvalue weighted by molar-refractivity contribution is 0.0664. The number of likely N-dealkylation sites (N-methyl/N-ethyl adjacent to an activating group) is 1. The van der Waals surface area contributed by atoms with Crippen molar-refractivity contribution in [2.75, 3.05) is 45.1 Å². The van der Waals surface area contributed by atoms with Crippen LogP contribution in [0, 0.1) is 0 Å². The number of aromatic nitrogens is 1. The number of hydrogen-bond acceptors (Lipinski definition) is 4. The van der Waals surface area contributed by atoms with Gasteiger partial charge < -0.3 is 15.1 Å². The van der Waals surface area contributed by atoms with Crippen LogP contribution in [0.15, 0.2) is 18.3 Å². The first-order valence-corrected chi connectivity index (χ1v) is 6.39. The minimum absolute atomic E-state index is 0.0761. The van der Waals surface area contributed by atoms with Crippen molar-refractivity contribution in [3.05, 3.63) is 23.9 Å². The Morgan fingerprint density at radius 3 is 2.78 bits per heavy atom. The van der Waals surface area contributed by atoms with E-state index in [-0.39, 0.29) is 5.91 Å². The van der Waals surface area contributed by atoms with Gasteiger partial charge in [-0.15, -0.1) is 0 Å². The Bertz CT molecular complexity index is 413. The predicted molar refractivity (Wildman–Crippen MR) is 71.8 cm³/mol. The maximum atomic E-state index is 12.4. The number of piperazine rings is 1. The second-order valence-electron chi connectivity index (χ2n) is 4.53. The second kappa shape index (κ2) is 5.82. The number of nitrogens with zero attached hydrogens (tertiary/aromatic N) is 3. The van der Waals surface area contributed by atoms with Crippen LogP contribution in [0.5, 0.6) is 0 Å². The zero-order chi connectivity index (χ0) is 13.0. The highest BCUT2D eigenvalue weighted by Crippen LogP contribution is 2.15. The summed E-state index contributed by atoms with van der Waals surface area (Å²) in [4.78, 5) is 20.8. The van der Waals surface area contributed by atoms with E-state index in [1.807, 2.05) is 24.0 Å². The van der Waals surface area contributed by atoms with Gasteiger partial charge in [0, 0.05) is 38.9 Å². The van der Waals surface area contributed by atoms with Crippen LogP contribution in [-0.4, -0.2) is 60.5 Å². The normalized spacial score (nSPS) is 16.7. The fraction of sp³-hybridized carbons (Fsp3) is 0.538. The number of amides is 1. The van der Waals surface area contributed by atoms with Crippen molar-refractivity contribution in [1.82, 2.24) is 14.8 Å². The van der Waals surface area contributed by atoms with Gasteiger partial charge in [0.15, 0.2) is 0 Å². The molecule has 5 nitrogen and oxygen atoms in total. The molecule has 5 heteroatoms. The van der Waals surface area contributed by atoms with Gasteiger partial charge in [0.2, 0.25) is 0 Å². The summed E-state index contributed by atoms with van der Waals surface area (Å²) in [5, 5.41) is 3.14. The number of hydrogen-bond donors (Lipinski definition) is 1. The third-order valence-corrected chi connectivity index (χ3v) is 3.17. The predicted octanol–water partition coefficient (Wildman–Crippen LogP) is 0.901. The number of anilines is 1. The number of carbonyl (C=O) groups is 1. The molecule has 0 atom stereocenters. The monoisotopic (exact) mass is 248 g/mol. The van der Waals surface area contributed by atoms with Crippen LogP contribution in [0.1, 0.15) is 17.3 Å². The quantitative estimate of drug-likeness (QED) is 0.863. The lowest BCUT2D eigenvalue weighted by Gasteiger charge is -2.32. The molecule has 1 aliphatic heterocycles. The molecule has 18 heavy (non-hydrogen) atoms. The molecule has 0 unspecified atom stereocenters. The molecule has 1 N–H and O–H groups in total. The van der Waals surface area contributed by atoms with Gasteiger partial charge in [-0.05, 0) is 26.1 Å². The summed E-state index contributed by atoms with van der Waals surface area (Å²) in [7, 11) is 2.08. The van der Waals surface area contributed by atoms with Crippen molar-refractivity contribution in [3.8, 4) is 0 Å². The molecule has 98 valence electrons. The number of rotatable bonds is 3. The summed E-state index contributed by atoms with van der Waals surface area (Å²) in [6, 6.07) is 3.65. The van der Waals surface area contributed by atoms with Crippen molar-refractivity contribution in [3.63, 3.8) is 0 Å². The minimum atomic E-state index is 0.0761. The summed E-state index contributed by atoms with van der Waals surface area (Å²) in [6.07, 6.45) is 1.71. The summed E-state index contributed by atoms with van der Waals surface area (Å²) in [5.41, 5.74) is 0.670. The number of carbonyl (C=O) groups excluding carboxylic acids is 1. The van der Waals surface area contributed by atoms with E-state index in [0.717, 1.165) is 32.7 Å². The molecule has 0 bridgehead atoms. The molecule has 0 spiro atoms. The molecular weight excluding hydrogens is 228 g/mol. The van der Waals surface area contributed by atoms with Gasteiger partial charge in [-0.25, -0.2) is 4.98 Å². The standard InChI is InChI=1S/C13H20N4O/c1-3-14-12-11(5-4-6-15-12)13(18)17-9-7-16(2)8-10-17/h4-6H,3,7-10H2,1-2H3,(H,14,15). The van der Waals surface area contributed by atoms with E-state index in [0.29, 0.717) is 11.4 Å². The molecule has 0 saturated carbocycles. The van der Waals surface area contributed by atoms with Gasteiger partial charge in [-0.2, -0.15) is 0 Å². The molecule has 2 rings (SSSR count). The molecule has 1 aliphatic rings. The van der Waals surface area contributed by atoms with Gasteiger partial charge in [-0.1, -0.05) is 0 Å². The lowest BCUT2D eigenvalue weighted by atomic mass is 10.2. The Morgan fingerprint density at radius 1 is 1.39 bits per heavy atom. The number of nitrogens with one attached hydrogen (secondary N) is 1. The molecule has 0 aliphatic carbocycles. The molecule has 1 aromatic heterocycles. The van der Waals surface area contributed by atoms with E-state index in [1.165, 1.54) is 0 Å². The number of pyridine rings is 1. The van der Waals surface area contributed by atoms with Crippen LogP contribution in [0.3, 0.4) is 0 Å². The largest absolute Gasteiger partial charge is 0.370 e. The van der Waals surface area contributed by atoms with Gasteiger partial charge in [0.05, 0.1) is 5.56 Å². The maximum absolute atomic E-state index is 12.4. The average molecular weight is 248 g/mol. The fourth-order valence-electron chi connectivity index (χ4n) is 2.07. The first-order chi connectivity index (χ1) is 8.72. The van der Waals surface area contributed by atoms with Gasteiger partial charge in [0.25, 0.3) is 5.91 Å². The summed E-state index contributed by atoms with van der Waals surface area (Å²) in [5.74, 6) is 0.760. The summed E-state index contributed by atoms with van der Waals surface area (Å²) < 4.78 is 0. The fourth-order valence-corrected chi connectivity index (χ4v) is 2.07. The van der Waals surface area contributed by atoms with E-state index in [4.69, 9.17) is 0 Å². The molecule has 1 fully saturated rings. The lowest BCUT2D eigenvalue weighted by Crippen LogP contribution is -2.47. The van der Waals surface area contributed by atoms with Crippen LogP contribution < -0.4 is 5.32 Å². The summed E-state index contributed by atoms with van der Waals surface area (Å²) >= 11 is 0. The Kier molecular flexibility index (Phi) is 4.15. The van der Waals surface area contributed by atoms with Crippen molar-refractivity contribution in [2.45, 2.75) is 6.92 Å².